The van der Waals surface area contributed by atoms with Crippen molar-refractivity contribution in [2.24, 2.45) is 0 Å². The van der Waals surface area contributed by atoms with Gasteiger partial charge in [-0.15, -0.1) is 0 Å². The van der Waals surface area contributed by atoms with Gasteiger partial charge in [0.25, 0.3) is 0 Å². The highest BCUT2D eigenvalue weighted by atomic mass is 16.5. The Labute approximate surface area is 123 Å². The molecule has 1 amide bonds. The van der Waals surface area contributed by atoms with Crippen molar-refractivity contribution < 1.29 is 19.1 Å². The lowest BCUT2D eigenvalue weighted by Gasteiger charge is -2.11. The lowest BCUT2D eigenvalue weighted by molar-refractivity contribution is -0.121. The van der Waals surface area contributed by atoms with Crippen LogP contribution < -0.4 is 16.4 Å². The topological polar surface area (TPSA) is 103 Å². The normalized spacial score (nSPS) is 10.0. The number of hydrogen-bond donors (Lipinski definition) is 3. The van der Waals surface area contributed by atoms with Gasteiger partial charge in [-0.3, -0.25) is 4.79 Å². The third kappa shape index (κ3) is 5.70. The summed E-state index contributed by atoms with van der Waals surface area (Å²) in [5, 5.41) is 5.74. The largest absolute Gasteiger partial charge is 0.465 e. The van der Waals surface area contributed by atoms with E-state index in [9.17, 15) is 9.59 Å². The zero-order valence-corrected chi connectivity index (χ0v) is 12.3. The number of rotatable bonds is 8. The molecule has 0 unspecified atom stereocenters. The van der Waals surface area contributed by atoms with E-state index in [-0.39, 0.29) is 12.3 Å². The van der Waals surface area contributed by atoms with Gasteiger partial charge >= 0.3 is 5.97 Å². The fourth-order valence-electron chi connectivity index (χ4n) is 1.69. The Bertz CT molecular complexity index is 491. The molecule has 0 radical (unpaired) electrons. The van der Waals surface area contributed by atoms with Gasteiger partial charge in [0.15, 0.2) is 0 Å². The van der Waals surface area contributed by atoms with Gasteiger partial charge in [0, 0.05) is 38.0 Å². The highest BCUT2D eigenvalue weighted by Crippen LogP contribution is 2.19. The number of anilines is 2. The molecule has 0 saturated heterocycles. The fourth-order valence-corrected chi connectivity index (χ4v) is 1.69. The zero-order chi connectivity index (χ0) is 15.7. The minimum Gasteiger partial charge on any atom is -0.465 e. The molecule has 0 saturated carbocycles. The molecule has 0 aliphatic rings. The molecular formula is C14H21N3O4. The Morgan fingerprint density at radius 3 is 2.67 bits per heavy atom. The van der Waals surface area contributed by atoms with Crippen LogP contribution in [0.2, 0.25) is 0 Å². The third-order valence-electron chi connectivity index (χ3n) is 2.74. The first kappa shape index (κ1) is 16.8. The molecular weight excluding hydrogens is 274 g/mol. The van der Waals surface area contributed by atoms with Crippen LogP contribution in [0.3, 0.4) is 0 Å². The van der Waals surface area contributed by atoms with Gasteiger partial charge in [0.1, 0.15) is 0 Å². The molecule has 0 atom stereocenters. The fraction of sp³-hybridized carbons (Fsp3) is 0.429. The quantitative estimate of drug-likeness (QED) is 0.369. The predicted octanol–water partition coefficient (Wildman–Crippen LogP) is 0.620. The summed E-state index contributed by atoms with van der Waals surface area (Å²) in [6.45, 7) is 1.35. The molecule has 0 spiro atoms. The molecule has 1 aromatic rings. The van der Waals surface area contributed by atoms with Gasteiger partial charge in [-0.05, 0) is 18.2 Å². The Balaban J connectivity index is 2.51. The van der Waals surface area contributed by atoms with Crippen molar-refractivity contribution in [1.82, 2.24) is 5.32 Å². The number of benzene rings is 1. The smallest absolute Gasteiger partial charge is 0.340 e. The van der Waals surface area contributed by atoms with Gasteiger partial charge in [-0.1, -0.05) is 0 Å². The van der Waals surface area contributed by atoms with E-state index in [2.05, 4.69) is 10.6 Å². The highest BCUT2D eigenvalue weighted by molar-refractivity contribution is 5.96. The maximum atomic E-state index is 11.6. The average Bonchev–Trinajstić information content (AvgIpc) is 2.48. The number of nitrogens with one attached hydrogen (secondary N) is 2. The van der Waals surface area contributed by atoms with Crippen LogP contribution >= 0.6 is 0 Å². The maximum Gasteiger partial charge on any atom is 0.340 e. The summed E-state index contributed by atoms with van der Waals surface area (Å²) in [4.78, 5) is 23.2. The van der Waals surface area contributed by atoms with Crippen LogP contribution in [0.5, 0.6) is 0 Å². The summed E-state index contributed by atoms with van der Waals surface area (Å²) < 4.78 is 9.54. The molecule has 7 heteroatoms. The number of nitrogens with two attached hydrogens (primary N) is 1. The molecule has 21 heavy (non-hydrogen) atoms. The number of ether oxygens (including phenoxy) is 2. The van der Waals surface area contributed by atoms with Gasteiger partial charge in [0.2, 0.25) is 5.91 Å². The Morgan fingerprint density at radius 2 is 2.00 bits per heavy atom. The maximum absolute atomic E-state index is 11.6. The lowest BCUT2D eigenvalue weighted by Crippen LogP contribution is -2.28. The summed E-state index contributed by atoms with van der Waals surface area (Å²) in [6.07, 6.45) is 0.286. The van der Waals surface area contributed by atoms with Gasteiger partial charge in [-0.2, -0.15) is 0 Å². The van der Waals surface area contributed by atoms with Crippen LogP contribution in [0.4, 0.5) is 11.4 Å². The summed E-state index contributed by atoms with van der Waals surface area (Å²) in [7, 11) is 2.88. The minimum atomic E-state index is -0.477. The summed E-state index contributed by atoms with van der Waals surface area (Å²) in [5.74, 6) is -0.566. The molecule has 1 rings (SSSR count). The zero-order valence-electron chi connectivity index (χ0n) is 12.3. The van der Waals surface area contributed by atoms with Crippen molar-refractivity contribution in [1.29, 1.82) is 0 Å². The summed E-state index contributed by atoms with van der Waals surface area (Å²) in [5.41, 5.74) is 7.05. The van der Waals surface area contributed by atoms with Crippen molar-refractivity contribution >= 4 is 23.3 Å². The van der Waals surface area contributed by atoms with Gasteiger partial charge in [0.05, 0.1) is 19.3 Å². The van der Waals surface area contributed by atoms with E-state index in [1.165, 1.54) is 13.2 Å². The first-order valence-electron chi connectivity index (χ1n) is 6.55. The predicted molar refractivity (Wildman–Crippen MR) is 80.2 cm³/mol. The number of esters is 1. The highest BCUT2D eigenvalue weighted by Gasteiger charge is 2.12. The standard InChI is InChI=1S/C14H21N3O4/c1-20-8-7-17-13(18)5-6-16-12-4-3-10(15)9-11(12)14(19)21-2/h3-4,9,16H,5-8,15H2,1-2H3,(H,17,18). The van der Waals surface area contributed by atoms with Gasteiger partial charge in [-0.25, -0.2) is 4.79 Å². The van der Waals surface area contributed by atoms with Crippen molar-refractivity contribution in [2.45, 2.75) is 6.42 Å². The molecule has 116 valence electrons. The number of nitrogen functional groups attached to an aromatic ring is 1. The van der Waals surface area contributed by atoms with Crippen molar-refractivity contribution in [2.75, 3.05) is 45.0 Å². The van der Waals surface area contributed by atoms with E-state index >= 15 is 0 Å². The van der Waals surface area contributed by atoms with Gasteiger partial charge < -0.3 is 25.8 Å². The molecule has 0 bridgehead atoms. The van der Waals surface area contributed by atoms with E-state index in [1.807, 2.05) is 0 Å². The van der Waals surface area contributed by atoms with Crippen molar-refractivity contribution in [3.05, 3.63) is 23.8 Å². The Kier molecular flexibility index (Phi) is 7.03. The second kappa shape index (κ2) is 8.80. The second-order valence-electron chi connectivity index (χ2n) is 4.32. The van der Waals surface area contributed by atoms with E-state index in [4.69, 9.17) is 15.2 Å². The summed E-state index contributed by atoms with van der Waals surface area (Å²) in [6, 6.07) is 4.89. The second-order valence-corrected chi connectivity index (χ2v) is 4.32. The first-order valence-corrected chi connectivity index (χ1v) is 6.55. The summed E-state index contributed by atoms with van der Waals surface area (Å²) >= 11 is 0. The average molecular weight is 295 g/mol. The number of hydrogen-bond acceptors (Lipinski definition) is 6. The van der Waals surface area contributed by atoms with Crippen LogP contribution in [-0.4, -0.2) is 45.8 Å². The lowest BCUT2D eigenvalue weighted by atomic mass is 10.1. The van der Waals surface area contributed by atoms with E-state index < -0.39 is 5.97 Å². The molecule has 7 nitrogen and oxygen atoms in total. The van der Waals surface area contributed by atoms with Crippen LogP contribution in [0, 0.1) is 0 Å². The monoisotopic (exact) mass is 295 g/mol. The number of carbonyl (C=O) groups excluding carboxylic acids is 2. The molecule has 1 aromatic carbocycles. The number of methoxy groups -OCH3 is 2. The molecule has 4 N–H and O–H groups in total. The van der Waals surface area contributed by atoms with Crippen molar-refractivity contribution in [3.63, 3.8) is 0 Å². The Hall–Kier alpha value is -2.28. The minimum absolute atomic E-state index is 0.0883. The first-order chi connectivity index (χ1) is 10.1. The molecule has 0 heterocycles. The number of carbonyl (C=O) groups is 2. The SMILES string of the molecule is COCCNC(=O)CCNc1ccc(N)cc1C(=O)OC. The van der Waals surface area contributed by atoms with E-state index in [0.717, 1.165) is 0 Å². The van der Waals surface area contributed by atoms with Crippen LogP contribution in [-0.2, 0) is 14.3 Å². The molecule has 0 aromatic heterocycles. The van der Waals surface area contributed by atoms with Crippen molar-refractivity contribution in [3.8, 4) is 0 Å². The van der Waals surface area contributed by atoms with E-state index in [0.29, 0.717) is 36.6 Å². The molecule has 0 fully saturated rings. The number of amides is 1. The van der Waals surface area contributed by atoms with Crippen LogP contribution in [0.1, 0.15) is 16.8 Å². The van der Waals surface area contributed by atoms with Crippen LogP contribution in [0.25, 0.3) is 0 Å². The van der Waals surface area contributed by atoms with Crippen LogP contribution in [0.15, 0.2) is 18.2 Å². The van der Waals surface area contributed by atoms with E-state index in [1.54, 1.807) is 19.2 Å². The molecule has 0 aliphatic heterocycles. The molecule has 0 aliphatic carbocycles. The Morgan fingerprint density at radius 1 is 1.24 bits per heavy atom. The third-order valence-corrected chi connectivity index (χ3v) is 2.74.